The Morgan fingerprint density at radius 1 is 1.28 bits per heavy atom. The average molecular weight is 445 g/mol. The van der Waals surface area contributed by atoms with Gasteiger partial charge in [0.1, 0.15) is 0 Å². The van der Waals surface area contributed by atoms with E-state index in [0.29, 0.717) is 19.0 Å². The Hall–Kier alpha value is -1.16. The number of guanidine groups is 1. The molecule has 0 spiro atoms. The molecule has 1 aromatic rings. The van der Waals surface area contributed by atoms with Gasteiger partial charge in [-0.3, -0.25) is 9.89 Å². The summed E-state index contributed by atoms with van der Waals surface area (Å²) in [7, 11) is -3.16. The predicted octanol–water partition coefficient (Wildman–Crippen LogP) is 2.20. The van der Waals surface area contributed by atoms with Crippen molar-refractivity contribution in [2.24, 2.45) is 4.99 Å². The van der Waals surface area contributed by atoms with Crippen molar-refractivity contribution < 1.29 is 13.2 Å². The Morgan fingerprint density at radius 3 is 2.52 bits per heavy atom. The van der Waals surface area contributed by atoms with Crippen LogP contribution in [0.15, 0.2) is 17.1 Å². The summed E-state index contributed by atoms with van der Waals surface area (Å²) in [5.74, 6) is 0.737. The van der Waals surface area contributed by atoms with E-state index in [1.165, 1.54) is 9.75 Å². The molecule has 9 heteroatoms. The van der Waals surface area contributed by atoms with Crippen molar-refractivity contribution in [1.29, 1.82) is 0 Å². The van der Waals surface area contributed by atoms with Gasteiger partial charge in [0.15, 0.2) is 15.8 Å². The van der Waals surface area contributed by atoms with Gasteiger partial charge in [0, 0.05) is 35.9 Å². The topological polar surface area (TPSA) is 83.0 Å². The normalized spacial score (nSPS) is 17.9. The second kappa shape index (κ2) is 10.7. The molecule has 1 aliphatic heterocycles. The minimum atomic E-state index is -3.16. The van der Waals surface area contributed by atoms with Gasteiger partial charge < -0.3 is 15.4 Å². The maximum absolute atomic E-state index is 12.3. The minimum absolute atomic E-state index is 0.0813. The standard InChI is InChI=1S/C20H36N4O3S2/c1-6-21-19(22-9-14-29(25,26)20(3,4)5)23-15-17(18-8-7-16(2)28-18)24-10-12-27-13-11-24/h7-8,17H,6,9-15H2,1-5H3,(H2,21,22,23). The maximum Gasteiger partial charge on any atom is 0.191 e. The Bertz CT molecular complexity index is 763. The van der Waals surface area contributed by atoms with Gasteiger partial charge >= 0.3 is 0 Å². The van der Waals surface area contributed by atoms with E-state index in [1.54, 1.807) is 32.1 Å². The first kappa shape index (κ1) is 24.1. The van der Waals surface area contributed by atoms with Crippen LogP contribution < -0.4 is 10.6 Å². The monoisotopic (exact) mass is 444 g/mol. The second-order valence-corrected chi connectivity index (χ2v) is 12.4. The molecule has 7 nitrogen and oxygen atoms in total. The number of rotatable bonds is 8. The molecule has 1 saturated heterocycles. The summed E-state index contributed by atoms with van der Waals surface area (Å²) in [5, 5.41) is 6.41. The molecule has 0 bridgehead atoms. The molecular formula is C20H36N4O3S2. The van der Waals surface area contributed by atoms with E-state index in [2.05, 4.69) is 34.6 Å². The van der Waals surface area contributed by atoms with Gasteiger partial charge in [-0.1, -0.05) is 0 Å². The van der Waals surface area contributed by atoms with Gasteiger partial charge in [-0.05, 0) is 46.8 Å². The lowest BCUT2D eigenvalue weighted by atomic mass is 10.2. The van der Waals surface area contributed by atoms with E-state index < -0.39 is 14.6 Å². The highest BCUT2D eigenvalue weighted by Gasteiger charge is 2.28. The van der Waals surface area contributed by atoms with E-state index in [0.717, 1.165) is 32.8 Å². The van der Waals surface area contributed by atoms with Crippen LogP contribution in [-0.4, -0.2) is 75.7 Å². The number of morpholine rings is 1. The lowest BCUT2D eigenvalue weighted by Crippen LogP contribution is -2.43. The summed E-state index contributed by atoms with van der Waals surface area (Å²) >= 11 is 1.81. The maximum atomic E-state index is 12.3. The molecule has 0 aromatic carbocycles. The van der Waals surface area contributed by atoms with Gasteiger partial charge in [-0.25, -0.2) is 8.42 Å². The highest BCUT2D eigenvalue weighted by molar-refractivity contribution is 7.92. The van der Waals surface area contributed by atoms with Crippen molar-refractivity contribution in [3.63, 3.8) is 0 Å². The van der Waals surface area contributed by atoms with Crippen LogP contribution in [0.3, 0.4) is 0 Å². The molecule has 0 aliphatic carbocycles. The first-order valence-electron chi connectivity index (χ1n) is 10.3. The van der Waals surface area contributed by atoms with Crippen molar-refractivity contribution in [3.05, 3.63) is 21.9 Å². The summed E-state index contributed by atoms with van der Waals surface area (Å²) in [4.78, 5) is 9.80. The molecule has 1 atom stereocenters. The van der Waals surface area contributed by atoms with E-state index in [4.69, 9.17) is 9.73 Å². The fraction of sp³-hybridized carbons (Fsp3) is 0.750. The van der Waals surface area contributed by atoms with Crippen LogP contribution in [0.5, 0.6) is 0 Å². The molecule has 0 saturated carbocycles. The second-order valence-electron chi connectivity index (χ2n) is 8.19. The fourth-order valence-electron chi connectivity index (χ4n) is 3.04. The molecule has 29 heavy (non-hydrogen) atoms. The molecule has 1 unspecified atom stereocenters. The quantitative estimate of drug-likeness (QED) is 0.472. The van der Waals surface area contributed by atoms with Gasteiger partial charge in [0.25, 0.3) is 0 Å². The first-order valence-corrected chi connectivity index (χ1v) is 12.7. The van der Waals surface area contributed by atoms with Gasteiger partial charge in [-0.2, -0.15) is 0 Å². The van der Waals surface area contributed by atoms with Crippen molar-refractivity contribution in [3.8, 4) is 0 Å². The Balaban J connectivity index is 2.06. The summed E-state index contributed by atoms with van der Waals surface area (Å²) in [6.07, 6.45) is 0. The molecule has 2 rings (SSSR count). The summed E-state index contributed by atoms with van der Waals surface area (Å²) in [5.41, 5.74) is 0. The summed E-state index contributed by atoms with van der Waals surface area (Å²) in [6, 6.07) is 4.54. The molecule has 1 aliphatic rings. The van der Waals surface area contributed by atoms with Crippen LogP contribution >= 0.6 is 11.3 Å². The summed E-state index contributed by atoms with van der Waals surface area (Å²) < 4.78 is 29.4. The van der Waals surface area contributed by atoms with E-state index in [9.17, 15) is 8.42 Å². The molecular weight excluding hydrogens is 408 g/mol. The Morgan fingerprint density at radius 2 is 1.97 bits per heavy atom. The number of aryl methyl sites for hydroxylation is 1. The van der Waals surface area contributed by atoms with Crippen LogP contribution in [0.1, 0.15) is 43.5 Å². The fourth-order valence-corrected chi connectivity index (χ4v) is 5.02. The first-order chi connectivity index (χ1) is 13.6. The minimum Gasteiger partial charge on any atom is -0.379 e. The number of aliphatic imine (C=N–C) groups is 1. The predicted molar refractivity (Wildman–Crippen MR) is 122 cm³/mol. The Kier molecular flexibility index (Phi) is 8.93. The van der Waals surface area contributed by atoms with Crippen LogP contribution in [0.25, 0.3) is 0 Å². The SMILES string of the molecule is CCNC(=NCC(c1ccc(C)s1)N1CCOCC1)NCCS(=O)(=O)C(C)(C)C. The zero-order valence-electron chi connectivity index (χ0n) is 18.3. The van der Waals surface area contributed by atoms with Crippen LogP contribution in [0.4, 0.5) is 0 Å². The number of thiophene rings is 1. The van der Waals surface area contributed by atoms with Gasteiger partial charge in [0.2, 0.25) is 0 Å². The van der Waals surface area contributed by atoms with E-state index in [-0.39, 0.29) is 11.8 Å². The number of ether oxygens (including phenoxy) is 1. The summed E-state index contributed by atoms with van der Waals surface area (Å²) in [6.45, 7) is 14.3. The van der Waals surface area contributed by atoms with Crippen molar-refractivity contribution in [2.75, 3.05) is 51.7 Å². The Labute approximate surface area is 179 Å². The van der Waals surface area contributed by atoms with Crippen LogP contribution in [0, 0.1) is 6.92 Å². The molecule has 1 fully saturated rings. The number of hydrogen-bond acceptors (Lipinski definition) is 6. The van der Waals surface area contributed by atoms with Crippen LogP contribution in [0.2, 0.25) is 0 Å². The number of sulfone groups is 1. The van der Waals surface area contributed by atoms with Crippen LogP contribution in [-0.2, 0) is 14.6 Å². The lowest BCUT2D eigenvalue weighted by molar-refractivity contribution is 0.0186. The smallest absolute Gasteiger partial charge is 0.191 e. The van der Waals surface area contributed by atoms with E-state index >= 15 is 0 Å². The van der Waals surface area contributed by atoms with Crippen molar-refractivity contribution in [1.82, 2.24) is 15.5 Å². The third kappa shape index (κ3) is 7.24. The lowest BCUT2D eigenvalue weighted by Gasteiger charge is -2.33. The molecule has 2 N–H and O–H groups in total. The average Bonchev–Trinajstić information content (AvgIpc) is 3.07. The molecule has 0 radical (unpaired) electrons. The third-order valence-electron chi connectivity index (χ3n) is 4.94. The van der Waals surface area contributed by atoms with Gasteiger partial charge in [-0.15, -0.1) is 11.3 Å². The zero-order valence-corrected chi connectivity index (χ0v) is 20.0. The van der Waals surface area contributed by atoms with E-state index in [1.807, 2.05) is 6.92 Å². The third-order valence-corrected chi connectivity index (χ3v) is 8.65. The molecule has 1 aromatic heterocycles. The van der Waals surface area contributed by atoms with Crippen molar-refractivity contribution >= 4 is 27.1 Å². The molecule has 166 valence electrons. The molecule has 0 amide bonds. The largest absolute Gasteiger partial charge is 0.379 e. The number of nitrogens with one attached hydrogen (secondary N) is 2. The highest BCUT2D eigenvalue weighted by atomic mass is 32.2. The highest BCUT2D eigenvalue weighted by Crippen LogP contribution is 2.28. The zero-order chi connectivity index (χ0) is 21.5. The van der Waals surface area contributed by atoms with Gasteiger partial charge in [0.05, 0.1) is 36.3 Å². The number of hydrogen-bond donors (Lipinski definition) is 2. The number of nitrogens with zero attached hydrogens (tertiary/aromatic N) is 2. The van der Waals surface area contributed by atoms with Crippen molar-refractivity contribution in [2.45, 2.75) is 45.4 Å². The molecule has 2 heterocycles.